The van der Waals surface area contributed by atoms with Crippen LogP contribution in [-0.4, -0.2) is 10.9 Å². The number of hydrazine groups is 1. The molecule has 1 aromatic heterocycles. The molecular weight excluding hydrogens is 246 g/mol. The highest BCUT2D eigenvalue weighted by atomic mass is 32.1. The summed E-state index contributed by atoms with van der Waals surface area (Å²) in [6.07, 6.45) is 6.29. The molecule has 1 saturated carbocycles. The van der Waals surface area contributed by atoms with E-state index in [-0.39, 0.29) is 11.8 Å². The molecule has 3 N–H and O–H groups in total. The lowest BCUT2D eigenvalue weighted by Crippen LogP contribution is -2.30. The van der Waals surface area contributed by atoms with Gasteiger partial charge in [-0.2, -0.15) is 0 Å². The Morgan fingerprint density at radius 2 is 2.06 bits per heavy atom. The van der Waals surface area contributed by atoms with Gasteiger partial charge in [0.05, 0.1) is 10.7 Å². The Kier molecular flexibility index (Phi) is 4.35. The predicted molar refractivity (Wildman–Crippen MR) is 73.7 cm³/mol. The summed E-state index contributed by atoms with van der Waals surface area (Å²) in [5.74, 6) is 5.83. The van der Waals surface area contributed by atoms with E-state index < -0.39 is 0 Å². The predicted octanol–water partition coefficient (Wildman–Crippen LogP) is 2.92. The monoisotopic (exact) mass is 267 g/mol. The second kappa shape index (κ2) is 5.80. The van der Waals surface area contributed by atoms with Gasteiger partial charge < -0.3 is 0 Å². The molecule has 0 aromatic carbocycles. The van der Waals surface area contributed by atoms with Crippen LogP contribution in [0.15, 0.2) is 0 Å². The van der Waals surface area contributed by atoms with Crippen LogP contribution in [0.5, 0.6) is 0 Å². The van der Waals surface area contributed by atoms with Gasteiger partial charge in [-0.25, -0.2) is 10.8 Å². The molecule has 5 heteroatoms. The lowest BCUT2D eigenvalue weighted by atomic mass is 9.90. The molecule has 4 nitrogen and oxygen atoms in total. The van der Waals surface area contributed by atoms with Crippen molar-refractivity contribution in [2.75, 3.05) is 0 Å². The van der Waals surface area contributed by atoms with E-state index in [2.05, 4.69) is 19.3 Å². The highest BCUT2D eigenvalue weighted by Crippen LogP contribution is 2.37. The second-order valence-corrected chi connectivity index (χ2v) is 6.26. The Labute approximate surface area is 112 Å². The molecule has 1 fully saturated rings. The molecular formula is C13H21N3OS. The van der Waals surface area contributed by atoms with Gasteiger partial charge in [-0.15, -0.1) is 11.3 Å². The van der Waals surface area contributed by atoms with Crippen LogP contribution in [0.3, 0.4) is 0 Å². The van der Waals surface area contributed by atoms with Gasteiger partial charge >= 0.3 is 0 Å². The van der Waals surface area contributed by atoms with Gasteiger partial charge in [0.15, 0.2) is 0 Å². The average molecular weight is 267 g/mol. The summed E-state index contributed by atoms with van der Waals surface area (Å²) in [6.45, 7) is 4.13. The third kappa shape index (κ3) is 2.72. The zero-order valence-electron chi connectivity index (χ0n) is 11.0. The van der Waals surface area contributed by atoms with Crippen LogP contribution < -0.4 is 11.3 Å². The molecule has 0 bridgehead atoms. The number of hydrogen-bond acceptors (Lipinski definition) is 4. The standard InChI is InChI=1S/C13H21N3OS/c1-8(2)10-11(12(17)16-14)18-13(15-10)9-6-4-3-5-7-9/h8-9H,3-7,14H2,1-2H3,(H,16,17). The lowest BCUT2D eigenvalue weighted by molar-refractivity contribution is 0.0956. The number of thiazole rings is 1. The number of aromatic nitrogens is 1. The van der Waals surface area contributed by atoms with Gasteiger partial charge in [-0.1, -0.05) is 33.1 Å². The molecule has 1 aromatic rings. The summed E-state index contributed by atoms with van der Waals surface area (Å²) in [6, 6.07) is 0. The molecule has 100 valence electrons. The second-order valence-electron chi connectivity index (χ2n) is 5.23. The first kappa shape index (κ1) is 13.5. The summed E-state index contributed by atoms with van der Waals surface area (Å²) < 4.78 is 0. The molecule has 1 aliphatic carbocycles. The number of amides is 1. The van der Waals surface area contributed by atoms with Crippen molar-refractivity contribution in [3.8, 4) is 0 Å². The van der Waals surface area contributed by atoms with E-state index >= 15 is 0 Å². The van der Waals surface area contributed by atoms with Crippen molar-refractivity contribution in [1.29, 1.82) is 0 Å². The van der Waals surface area contributed by atoms with E-state index in [1.54, 1.807) is 0 Å². The normalized spacial score (nSPS) is 17.1. The molecule has 1 amide bonds. The van der Waals surface area contributed by atoms with Crippen molar-refractivity contribution < 1.29 is 4.79 Å². The van der Waals surface area contributed by atoms with Gasteiger partial charge in [0.2, 0.25) is 0 Å². The van der Waals surface area contributed by atoms with Crippen molar-refractivity contribution in [2.24, 2.45) is 5.84 Å². The van der Waals surface area contributed by atoms with Gasteiger partial charge in [-0.05, 0) is 18.8 Å². The van der Waals surface area contributed by atoms with E-state index in [0.29, 0.717) is 10.8 Å². The first-order chi connectivity index (χ1) is 8.63. The number of hydrogen-bond donors (Lipinski definition) is 2. The Bertz CT molecular complexity index is 422. The molecule has 0 atom stereocenters. The topological polar surface area (TPSA) is 68.0 Å². The molecule has 0 radical (unpaired) electrons. The molecule has 0 aliphatic heterocycles. The molecule has 0 saturated heterocycles. The molecule has 18 heavy (non-hydrogen) atoms. The minimum Gasteiger partial charge on any atom is -0.289 e. The van der Waals surface area contributed by atoms with Crippen LogP contribution in [0, 0.1) is 0 Å². The maximum atomic E-state index is 11.8. The largest absolute Gasteiger partial charge is 0.289 e. The fourth-order valence-corrected chi connectivity index (χ4v) is 3.79. The van der Waals surface area contributed by atoms with E-state index in [0.717, 1.165) is 10.7 Å². The quantitative estimate of drug-likeness (QED) is 0.502. The zero-order valence-corrected chi connectivity index (χ0v) is 11.8. The van der Waals surface area contributed by atoms with Crippen molar-refractivity contribution in [3.05, 3.63) is 15.6 Å². The smallest absolute Gasteiger partial charge is 0.277 e. The summed E-state index contributed by atoms with van der Waals surface area (Å²) in [4.78, 5) is 17.2. The fourth-order valence-electron chi connectivity index (χ4n) is 2.49. The van der Waals surface area contributed by atoms with Crippen LogP contribution in [0.25, 0.3) is 0 Å². The van der Waals surface area contributed by atoms with Crippen LogP contribution in [0.2, 0.25) is 0 Å². The van der Waals surface area contributed by atoms with E-state index in [1.165, 1.54) is 43.4 Å². The number of rotatable bonds is 3. The Morgan fingerprint density at radius 3 is 2.61 bits per heavy atom. The molecule has 1 heterocycles. The maximum Gasteiger partial charge on any atom is 0.277 e. The molecule has 0 unspecified atom stereocenters. The van der Waals surface area contributed by atoms with E-state index in [1.807, 2.05) is 0 Å². The van der Waals surface area contributed by atoms with Gasteiger partial charge in [0.1, 0.15) is 4.88 Å². The van der Waals surface area contributed by atoms with Crippen LogP contribution in [0.1, 0.15) is 78.2 Å². The minimum absolute atomic E-state index is 0.210. The van der Waals surface area contributed by atoms with Crippen LogP contribution >= 0.6 is 11.3 Å². The highest BCUT2D eigenvalue weighted by molar-refractivity contribution is 7.13. The van der Waals surface area contributed by atoms with Crippen LogP contribution in [0.4, 0.5) is 0 Å². The van der Waals surface area contributed by atoms with Gasteiger partial charge in [0, 0.05) is 5.92 Å². The van der Waals surface area contributed by atoms with Crippen molar-refractivity contribution >= 4 is 17.2 Å². The van der Waals surface area contributed by atoms with Gasteiger partial charge in [0.25, 0.3) is 5.91 Å². The summed E-state index contributed by atoms with van der Waals surface area (Å²) in [5, 5.41) is 1.12. The minimum atomic E-state index is -0.210. The SMILES string of the molecule is CC(C)c1nc(C2CCCCC2)sc1C(=O)NN. The fraction of sp³-hybridized carbons (Fsp3) is 0.692. The Morgan fingerprint density at radius 1 is 1.39 bits per heavy atom. The zero-order chi connectivity index (χ0) is 13.1. The van der Waals surface area contributed by atoms with Crippen molar-refractivity contribution in [1.82, 2.24) is 10.4 Å². The van der Waals surface area contributed by atoms with Crippen molar-refractivity contribution in [3.63, 3.8) is 0 Å². The summed E-state index contributed by atoms with van der Waals surface area (Å²) >= 11 is 1.52. The van der Waals surface area contributed by atoms with Gasteiger partial charge in [-0.3, -0.25) is 10.2 Å². The molecule has 2 rings (SSSR count). The third-order valence-corrected chi connectivity index (χ3v) is 4.74. The molecule has 1 aliphatic rings. The lowest BCUT2D eigenvalue weighted by Gasteiger charge is -2.18. The number of nitrogens with zero attached hydrogens (tertiary/aromatic N) is 1. The number of carbonyl (C=O) groups excluding carboxylic acids is 1. The number of nitrogen functional groups attached to an aromatic ring is 1. The number of nitrogens with one attached hydrogen (secondary N) is 1. The average Bonchev–Trinajstić information content (AvgIpc) is 2.84. The Hall–Kier alpha value is -0.940. The highest BCUT2D eigenvalue weighted by Gasteiger charge is 2.24. The third-order valence-electron chi connectivity index (χ3n) is 3.51. The van der Waals surface area contributed by atoms with Crippen molar-refractivity contribution in [2.45, 2.75) is 57.8 Å². The number of nitrogens with two attached hydrogens (primary N) is 1. The van der Waals surface area contributed by atoms with E-state index in [9.17, 15) is 4.79 Å². The summed E-state index contributed by atoms with van der Waals surface area (Å²) in [5.41, 5.74) is 3.12. The molecule has 0 spiro atoms. The first-order valence-corrected chi connectivity index (χ1v) is 7.46. The first-order valence-electron chi connectivity index (χ1n) is 6.65. The van der Waals surface area contributed by atoms with Crippen LogP contribution in [-0.2, 0) is 0 Å². The maximum absolute atomic E-state index is 11.8. The number of carbonyl (C=O) groups is 1. The van der Waals surface area contributed by atoms with E-state index in [4.69, 9.17) is 10.8 Å². The summed E-state index contributed by atoms with van der Waals surface area (Å²) in [7, 11) is 0. The Balaban J connectivity index is 2.29.